The zero-order valence-electron chi connectivity index (χ0n) is 15.5. The van der Waals surface area contributed by atoms with Gasteiger partial charge in [0.15, 0.2) is 0 Å². The van der Waals surface area contributed by atoms with Gasteiger partial charge in [0.1, 0.15) is 0 Å². The highest BCUT2D eigenvalue weighted by atomic mass is 127. The van der Waals surface area contributed by atoms with E-state index in [1.54, 1.807) is 24.9 Å². The summed E-state index contributed by atoms with van der Waals surface area (Å²) in [6.45, 7) is 5.20. The molecule has 2 amide bonds. The van der Waals surface area contributed by atoms with Gasteiger partial charge in [-0.1, -0.05) is 12.1 Å². The van der Waals surface area contributed by atoms with E-state index < -0.39 is 0 Å². The second kappa shape index (κ2) is 9.34. The molecule has 1 aliphatic heterocycles. The second-order valence-electron chi connectivity index (χ2n) is 6.50. The van der Waals surface area contributed by atoms with Crippen molar-refractivity contribution in [3.8, 4) is 0 Å². The number of aryl methyl sites for hydroxylation is 1. The van der Waals surface area contributed by atoms with Crippen LogP contribution in [0.1, 0.15) is 35.7 Å². The second-order valence-corrected chi connectivity index (χ2v) is 7.58. The number of likely N-dealkylation sites (N-methyl/N-ethyl adjacent to an activating group) is 1. The largest absolute Gasteiger partial charge is 0.466 e. The van der Waals surface area contributed by atoms with Crippen LogP contribution >= 0.6 is 22.6 Å². The summed E-state index contributed by atoms with van der Waals surface area (Å²) in [4.78, 5) is 40.1. The van der Waals surface area contributed by atoms with Gasteiger partial charge in [-0.05, 0) is 60.9 Å². The van der Waals surface area contributed by atoms with Gasteiger partial charge in [0, 0.05) is 23.7 Å². The Hall–Kier alpha value is -1.64. The van der Waals surface area contributed by atoms with E-state index in [1.165, 1.54) is 4.90 Å². The minimum atomic E-state index is -0.180. The van der Waals surface area contributed by atoms with Crippen molar-refractivity contribution in [2.45, 2.75) is 26.7 Å². The van der Waals surface area contributed by atoms with E-state index in [0.717, 1.165) is 9.13 Å². The number of piperidine rings is 1. The van der Waals surface area contributed by atoms with E-state index in [0.29, 0.717) is 38.1 Å². The standard InChI is InChI=1S/C19H25IN2O4/c1-4-26-19(25)14-8-10-22(11-9-14)16(23)12-21(3)18(24)15-7-5-6-13(2)17(15)20/h5-7,14H,4,8-12H2,1-3H3. The molecule has 0 unspecified atom stereocenters. The fourth-order valence-corrected chi connectivity index (χ4v) is 3.61. The van der Waals surface area contributed by atoms with Crippen molar-refractivity contribution in [2.75, 3.05) is 33.3 Å². The molecule has 1 heterocycles. The summed E-state index contributed by atoms with van der Waals surface area (Å²) in [6.07, 6.45) is 1.22. The van der Waals surface area contributed by atoms with Gasteiger partial charge >= 0.3 is 5.97 Å². The lowest BCUT2D eigenvalue weighted by Crippen LogP contribution is -2.45. The maximum atomic E-state index is 12.6. The number of likely N-dealkylation sites (tertiary alicyclic amines) is 1. The van der Waals surface area contributed by atoms with E-state index in [1.807, 2.05) is 19.1 Å². The van der Waals surface area contributed by atoms with Gasteiger partial charge in [0.2, 0.25) is 5.91 Å². The summed E-state index contributed by atoms with van der Waals surface area (Å²) in [5.74, 6) is -0.563. The number of esters is 1. The number of ether oxygens (including phenoxy) is 1. The lowest BCUT2D eigenvalue weighted by atomic mass is 9.97. The third-order valence-corrected chi connectivity index (χ3v) is 6.04. The average molecular weight is 472 g/mol. The van der Waals surface area contributed by atoms with Gasteiger partial charge in [0.05, 0.1) is 24.6 Å². The fraction of sp³-hybridized carbons (Fsp3) is 0.526. The van der Waals surface area contributed by atoms with Crippen molar-refractivity contribution in [1.82, 2.24) is 9.80 Å². The normalized spacial score (nSPS) is 14.8. The average Bonchev–Trinajstić information content (AvgIpc) is 2.63. The highest BCUT2D eigenvalue weighted by Gasteiger charge is 2.29. The quantitative estimate of drug-likeness (QED) is 0.488. The molecule has 0 N–H and O–H groups in total. The first-order chi connectivity index (χ1) is 12.3. The summed E-state index contributed by atoms with van der Waals surface area (Å²) < 4.78 is 5.95. The number of hydrogen-bond acceptors (Lipinski definition) is 4. The number of hydrogen-bond donors (Lipinski definition) is 0. The summed E-state index contributed by atoms with van der Waals surface area (Å²) in [5.41, 5.74) is 1.65. The van der Waals surface area contributed by atoms with E-state index in [2.05, 4.69) is 22.6 Å². The van der Waals surface area contributed by atoms with Crippen molar-refractivity contribution < 1.29 is 19.1 Å². The zero-order valence-corrected chi connectivity index (χ0v) is 17.6. The SMILES string of the molecule is CCOC(=O)C1CCN(C(=O)CN(C)C(=O)c2cccc(C)c2I)CC1. The van der Waals surface area contributed by atoms with E-state index in [9.17, 15) is 14.4 Å². The molecule has 0 bridgehead atoms. The van der Waals surface area contributed by atoms with Crippen LogP contribution < -0.4 is 0 Å². The monoisotopic (exact) mass is 472 g/mol. The Morgan fingerprint density at radius 2 is 1.92 bits per heavy atom. The minimum Gasteiger partial charge on any atom is -0.466 e. The number of carbonyl (C=O) groups is 3. The smallest absolute Gasteiger partial charge is 0.309 e. The van der Waals surface area contributed by atoms with Gasteiger partial charge in [0.25, 0.3) is 5.91 Å². The van der Waals surface area contributed by atoms with E-state index >= 15 is 0 Å². The molecule has 0 saturated carbocycles. The molecule has 1 aromatic rings. The van der Waals surface area contributed by atoms with E-state index in [4.69, 9.17) is 4.74 Å². The molecule has 142 valence electrons. The van der Waals surface area contributed by atoms with Crippen LogP contribution in [0.4, 0.5) is 0 Å². The molecule has 0 aromatic heterocycles. The summed E-state index contributed by atoms with van der Waals surface area (Å²) >= 11 is 2.16. The molecule has 0 aliphatic carbocycles. The van der Waals surface area contributed by atoms with Crippen LogP contribution in [-0.2, 0) is 14.3 Å². The Labute approximate surface area is 168 Å². The predicted molar refractivity (Wildman–Crippen MR) is 107 cm³/mol. The molecule has 1 saturated heterocycles. The van der Waals surface area contributed by atoms with Gasteiger partial charge in [-0.3, -0.25) is 14.4 Å². The van der Waals surface area contributed by atoms with Crippen molar-refractivity contribution in [3.63, 3.8) is 0 Å². The molecule has 6 nitrogen and oxygen atoms in total. The Morgan fingerprint density at radius 1 is 1.27 bits per heavy atom. The first-order valence-electron chi connectivity index (χ1n) is 8.80. The van der Waals surface area contributed by atoms with Crippen LogP contribution in [0.25, 0.3) is 0 Å². The van der Waals surface area contributed by atoms with Crippen LogP contribution in [0.15, 0.2) is 18.2 Å². The Bertz CT molecular complexity index is 684. The molecule has 26 heavy (non-hydrogen) atoms. The molecule has 1 fully saturated rings. The number of halogens is 1. The van der Waals surface area contributed by atoms with Crippen LogP contribution in [0, 0.1) is 16.4 Å². The molecule has 0 radical (unpaired) electrons. The Morgan fingerprint density at radius 3 is 2.54 bits per heavy atom. The highest BCUT2D eigenvalue weighted by Crippen LogP contribution is 2.20. The number of rotatable bonds is 5. The van der Waals surface area contributed by atoms with Gasteiger partial charge < -0.3 is 14.5 Å². The summed E-state index contributed by atoms with van der Waals surface area (Å²) in [7, 11) is 1.64. The lowest BCUT2D eigenvalue weighted by molar-refractivity contribution is -0.151. The lowest BCUT2D eigenvalue weighted by Gasteiger charge is -2.32. The number of nitrogens with zero attached hydrogens (tertiary/aromatic N) is 2. The molecule has 2 rings (SSSR count). The van der Waals surface area contributed by atoms with Crippen molar-refractivity contribution in [2.24, 2.45) is 5.92 Å². The van der Waals surface area contributed by atoms with Crippen molar-refractivity contribution >= 4 is 40.4 Å². The van der Waals surface area contributed by atoms with Crippen molar-refractivity contribution in [3.05, 3.63) is 32.9 Å². The minimum absolute atomic E-state index is 0.0347. The molecular weight excluding hydrogens is 447 g/mol. The third-order valence-electron chi connectivity index (χ3n) is 4.61. The fourth-order valence-electron chi connectivity index (χ4n) is 3.02. The van der Waals surface area contributed by atoms with Crippen LogP contribution in [0.2, 0.25) is 0 Å². The molecular formula is C19H25IN2O4. The van der Waals surface area contributed by atoms with Crippen LogP contribution in [0.5, 0.6) is 0 Å². The first-order valence-corrected chi connectivity index (χ1v) is 9.88. The van der Waals surface area contributed by atoms with Gasteiger partial charge in [-0.25, -0.2) is 0 Å². The third kappa shape index (κ3) is 4.96. The van der Waals surface area contributed by atoms with E-state index in [-0.39, 0.29) is 30.2 Å². The topological polar surface area (TPSA) is 66.9 Å². The molecule has 0 atom stereocenters. The highest BCUT2D eigenvalue weighted by molar-refractivity contribution is 14.1. The Balaban J connectivity index is 1.90. The maximum Gasteiger partial charge on any atom is 0.309 e. The Kier molecular flexibility index (Phi) is 7.43. The predicted octanol–water partition coefficient (Wildman–Crippen LogP) is 2.47. The molecule has 0 spiro atoms. The first kappa shape index (κ1) is 20.7. The van der Waals surface area contributed by atoms with Gasteiger partial charge in [-0.15, -0.1) is 0 Å². The molecule has 1 aliphatic rings. The number of carbonyl (C=O) groups excluding carboxylic acids is 3. The van der Waals surface area contributed by atoms with Gasteiger partial charge in [-0.2, -0.15) is 0 Å². The van der Waals surface area contributed by atoms with Crippen molar-refractivity contribution in [1.29, 1.82) is 0 Å². The molecule has 1 aromatic carbocycles. The summed E-state index contributed by atoms with van der Waals surface area (Å²) in [5, 5.41) is 0. The molecule has 7 heteroatoms. The number of benzene rings is 1. The zero-order chi connectivity index (χ0) is 19.3. The van der Waals surface area contributed by atoms with Crippen LogP contribution in [-0.4, -0.2) is 60.9 Å². The maximum absolute atomic E-state index is 12.6. The van der Waals surface area contributed by atoms with Crippen LogP contribution in [0.3, 0.4) is 0 Å². The summed E-state index contributed by atoms with van der Waals surface area (Å²) in [6, 6.07) is 5.58. The number of amides is 2.